The Kier molecular flexibility index (Phi) is 6.68. The first-order valence-corrected chi connectivity index (χ1v) is 6.93. The van der Waals surface area contributed by atoms with Gasteiger partial charge in [-0.05, 0) is 25.8 Å². The molecule has 6 heteroatoms. The minimum atomic E-state index is -1.11. The third kappa shape index (κ3) is 5.07. The molecule has 0 saturated carbocycles. The van der Waals surface area contributed by atoms with Gasteiger partial charge in [0.2, 0.25) is 0 Å². The van der Waals surface area contributed by atoms with Gasteiger partial charge in [-0.3, -0.25) is 0 Å². The van der Waals surface area contributed by atoms with Gasteiger partial charge in [0.05, 0.1) is 0 Å². The first-order chi connectivity index (χ1) is 9.97. The number of aliphatic hydroxyl groups is 1. The van der Waals surface area contributed by atoms with Crippen molar-refractivity contribution in [1.29, 1.82) is 0 Å². The zero-order chi connectivity index (χ0) is 15.8. The van der Waals surface area contributed by atoms with E-state index in [1.165, 1.54) is 4.90 Å². The van der Waals surface area contributed by atoms with Crippen LogP contribution in [-0.2, 0) is 4.79 Å². The van der Waals surface area contributed by atoms with Crippen molar-refractivity contribution in [2.45, 2.75) is 32.4 Å². The van der Waals surface area contributed by atoms with Crippen LogP contribution in [0.2, 0.25) is 0 Å². The van der Waals surface area contributed by atoms with Crippen LogP contribution >= 0.6 is 0 Å². The van der Waals surface area contributed by atoms with Crippen LogP contribution in [0.15, 0.2) is 30.3 Å². The quantitative estimate of drug-likeness (QED) is 0.712. The average molecular weight is 294 g/mol. The number of amides is 2. The number of nitrogens with zero attached hydrogens (tertiary/aromatic N) is 1. The van der Waals surface area contributed by atoms with Crippen molar-refractivity contribution in [2.24, 2.45) is 0 Å². The number of carbonyl (C=O) groups is 2. The summed E-state index contributed by atoms with van der Waals surface area (Å²) < 4.78 is 0. The molecule has 0 bridgehead atoms. The maximum Gasteiger partial charge on any atom is 0.330 e. The van der Waals surface area contributed by atoms with Crippen molar-refractivity contribution in [2.75, 3.05) is 13.2 Å². The number of carbonyl (C=O) groups excluding carboxylic acids is 1. The van der Waals surface area contributed by atoms with Crippen molar-refractivity contribution in [3.63, 3.8) is 0 Å². The minimum Gasteiger partial charge on any atom is -0.479 e. The molecule has 0 heterocycles. The number of aliphatic hydroxyl groups excluding tert-OH is 1. The smallest absolute Gasteiger partial charge is 0.330 e. The Bertz CT molecular complexity index is 462. The van der Waals surface area contributed by atoms with Crippen LogP contribution in [0.4, 0.5) is 4.79 Å². The molecule has 1 aromatic rings. The lowest BCUT2D eigenvalue weighted by Crippen LogP contribution is -2.47. The Morgan fingerprint density at radius 2 is 1.86 bits per heavy atom. The Morgan fingerprint density at radius 3 is 2.33 bits per heavy atom. The maximum absolute atomic E-state index is 12.2. The second-order valence-electron chi connectivity index (χ2n) is 5.00. The van der Waals surface area contributed by atoms with Gasteiger partial charge in [0, 0.05) is 19.2 Å². The van der Waals surface area contributed by atoms with E-state index in [0.29, 0.717) is 18.5 Å². The Balaban J connectivity index is 2.83. The molecular weight excluding hydrogens is 272 g/mol. The largest absolute Gasteiger partial charge is 0.479 e. The highest BCUT2D eigenvalue weighted by molar-refractivity contribution is 5.83. The number of carboxylic acid groups (broad SMARTS) is 1. The topological polar surface area (TPSA) is 89.9 Å². The molecule has 2 amide bonds. The Hall–Kier alpha value is -2.08. The van der Waals surface area contributed by atoms with E-state index in [2.05, 4.69) is 5.32 Å². The molecule has 21 heavy (non-hydrogen) atoms. The Labute approximate surface area is 124 Å². The minimum absolute atomic E-state index is 0.0163. The van der Waals surface area contributed by atoms with Crippen LogP contribution in [0, 0.1) is 0 Å². The lowest BCUT2D eigenvalue weighted by Gasteiger charge is -2.28. The van der Waals surface area contributed by atoms with E-state index in [-0.39, 0.29) is 12.6 Å². The maximum atomic E-state index is 12.2. The average Bonchev–Trinajstić information content (AvgIpc) is 2.45. The molecule has 6 nitrogen and oxygen atoms in total. The summed E-state index contributed by atoms with van der Waals surface area (Å²) in [5, 5.41) is 20.7. The summed E-state index contributed by atoms with van der Waals surface area (Å²) in [6.07, 6.45) is 0.453. The van der Waals surface area contributed by atoms with Gasteiger partial charge in [-0.15, -0.1) is 0 Å². The van der Waals surface area contributed by atoms with Gasteiger partial charge >= 0.3 is 12.0 Å². The molecule has 0 saturated heterocycles. The van der Waals surface area contributed by atoms with Crippen molar-refractivity contribution in [3.05, 3.63) is 35.9 Å². The number of aliphatic carboxylic acids is 1. The zero-order valence-corrected chi connectivity index (χ0v) is 12.3. The molecule has 0 unspecified atom stereocenters. The van der Waals surface area contributed by atoms with Crippen LogP contribution in [0.1, 0.15) is 31.9 Å². The summed E-state index contributed by atoms with van der Waals surface area (Å²) in [4.78, 5) is 25.1. The number of benzene rings is 1. The van der Waals surface area contributed by atoms with Gasteiger partial charge in [-0.2, -0.15) is 0 Å². The summed E-state index contributed by atoms with van der Waals surface area (Å²) >= 11 is 0. The van der Waals surface area contributed by atoms with Crippen LogP contribution in [0.5, 0.6) is 0 Å². The third-order valence-electron chi connectivity index (χ3n) is 3.09. The molecule has 0 radical (unpaired) electrons. The second-order valence-corrected chi connectivity index (χ2v) is 5.00. The van der Waals surface area contributed by atoms with Crippen LogP contribution in [0.25, 0.3) is 0 Å². The summed E-state index contributed by atoms with van der Waals surface area (Å²) in [6, 6.07) is 6.93. The van der Waals surface area contributed by atoms with E-state index in [9.17, 15) is 14.7 Å². The van der Waals surface area contributed by atoms with E-state index in [1.807, 2.05) is 13.8 Å². The molecule has 116 valence electrons. The van der Waals surface area contributed by atoms with Crippen molar-refractivity contribution in [1.82, 2.24) is 10.2 Å². The van der Waals surface area contributed by atoms with Gasteiger partial charge in [-0.1, -0.05) is 30.3 Å². The molecule has 1 atom stereocenters. The highest BCUT2D eigenvalue weighted by atomic mass is 16.4. The van der Waals surface area contributed by atoms with Crippen LogP contribution in [0.3, 0.4) is 0 Å². The first kappa shape index (κ1) is 17.0. The van der Waals surface area contributed by atoms with Crippen LogP contribution < -0.4 is 5.32 Å². The molecule has 1 rings (SSSR count). The van der Waals surface area contributed by atoms with Gasteiger partial charge in [-0.25, -0.2) is 9.59 Å². The monoisotopic (exact) mass is 294 g/mol. The normalized spacial score (nSPS) is 12.0. The summed E-state index contributed by atoms with van der Waals surface area (Å²) in [6.45, 7) is 4.04. The fourth-order valence-electron chi connectivity index (χ4n) is 1.97. The molecule has 1 aromatic carbocycles. The lowest BCUT2D eigenvalue weighted by molar-refractivity contribution is -0.139. The highest BCUT2D eigenvalue weighted by Gasteiger charge is 2.25. The van der Waals surface area contributed by atoms with Gasteiger partial charge in [0.1, 0.15) is 0 Å². The van der Waals surface area contributed by atoms with Gasteiger partial charge in [0.15, 0.2) is 6.04 Å². The predicted octanol–water partition coefficient (Wildman–Crippen LogP) is 1.61. The zero-order valence-electron chi connectivity index (χ0n) is 12.3. The standard InChI is InChI=1S/C15H22N2O4/c1-11(2)17(9-6-10-18)15(21)16-13(14(19)20)12-7-4-3-5-8-12/h3-5,7-8,11,13,18H,6,9-10H2,1-2H3,(H,16,21)(H,19,20)/t13-/m1/s1. The SMILES string of the molecule is CC(C)N(CCCO)C(=O)N[C@@H](C(=O)O)c1ccccc1. The van der Waals surface area contributed by atoms with Crippen LogP contribution in [-0.4, -0.2) is 46.3 Å². The first-order valence-electron chi connectivity index (χ1n) is 6.93. The molecule has 3 N–H and O–H groups in total. The summed E-state index contributed by atoms with van der Waals surface area (Å²) in [5.74, 6) is -1.11. The predicted molar refractivity (Wildman–Crippen MR) is 78.9 cm³/mol. The molecule has 0 spiro atoms. The molecule has 0 aromatic heterocycles. The molecule has 0 aliphatic carbocycles. The van der Waals surface area contributed by atoms with E-state index >= 15 is 0 Å². The van der Waals surface area contributed by atoms with E-state index in [4.69, 9.17) is 5.11 Å². The molecule has 0 aliphatic rings. The van der Waals surface area contributed by atoms with Crippen molar-refractivity contribution >= 4 is 12.0 Å². The van der Waals surface area contributed by atoms with E-state index in [1.54, 1.807) is 30.3 Å². The number of hydrogen-bond acceptors (Lipinski definition) is 3. The van der Waals surface area contributed by atoms with Crippen molar-refractivity contribution < 1.29 is 19.8 Å². The number of urea groups is 1. The number of nitrogens with one attached hydrogen (secondary N) is 1. The fourth-order valence-corrected chi connectivity index (χ4v) is 1.97. The fraction of sp³-hybridized carbons (Fsp3) is 0.467. The number of carboxylic acids is 1. The van der Waals surface area contributed by atoms with E-state index < -0.39 is 18.0 Å². The van der Waals surface area contributed by atoms with Gasteiger partial charge in [0.25, 0.3) is 0 Å². The molecular formula is C15H22N2O4. The summed E-state index contributed by atoms with van der Waals surface area (Å²) in [7, 11) is 0. The highest BCUT2D eigenvalue weighted by Crippen LogP contribution is 2.14. The number of hydrogen-bond donors (Lipinski definition) is 3. The lowest BCUT2D eigenvalue weighted by atomic mass is 10.1. The van der Waals surface area contributed by atoms with E-state index in [0.717, 1.165) is 0 Å². The van der Waals surface area contributed by atoms with Gasteiger partial charge < -0.3 is 20.4 Å². The number of rotatable bonds is 7. The molecule has 0 aliphatic heterocycles. The third-order valence-corrected chi connectivity index (χ3v) is 3.09. The molecule has 0 fully saturated rings. The second kappa shape index (κ2) is 8.26. The van der Waals surface area contributed by atoms with Crippen molar-refractivity contribution in [3.8, 4) is 0 Å². The summed E-state index contributed by atoms with van der Waals surface area (Å²) in [5.41, 5.74) is 0.518. The Morgan fingerprint density at radius 1 is 1.24 bits per heavy atom.